The fourth-order valence-electron chi connectivity index (χ4n) is 4.02. The molecule has 0 saturated heterocycles. The predicted octanol–water partition coefficient (Wildman–Crippen LogP) is 5.36. The van der Waals surface area contributed by atoms with Crippen molar-refractivity contribution in [3.05, 3.63) is 125 Å². The number of non-ortho nitro benzene ring substituents is 1. The average Bonchev–Trinajstić information content (AvgIpc) is 3.42. The Morgan fingerprint density at radius 3 is 1.91 bits per heavy atom. The number of carbonyl (C=O) groups is 1. The van der Waals surface area contributed by atoms with Gasteiger partial charge in [0.05, 0.1) is 11.2 Å². The van der Waals surface area contributed by atoms with Gasteiger partial charge in [-0.2, -0.15) is 0 Å². The Morgan fingerprint density at radius 1 is 0.912 bits per heavy atom. The van der Waals surface area contributed by atoms with Crippen molar-refractivity contribution < 1.29 is 18.7 Å². The van der Waals surface area contributed by atoms with Crippen LogP contribution < -0.4 is 10.6 Å². The van der Waals surface area contributed by atoms with E-state index in [9.17, 15) is 14.9 Å². The lowest BCUT2D eigenvalue weighted by molar-refractivity contribution is -0.384. The van der Waals surface area contributed by atoms with Gasteiger partial charge in [0.2, 0.25) is 0 Å². The molecule has 1 aromatic heterocycles. The normalized spacial score (nSPS) is 12.1. The van der Waals surface area contributed by atoms with Crippen LogP contribution in [-0.4, -0.2) is 22.3 Å². The van der Waals surface area contributed by atoms with Crippen LogP contribution in [-0.2, 0) is 4.57 Å². The number of nitrogens with zero attached hydrogens (tertiary/aromatic N) is 2. The molecule has 1 unspecified atom stereocenters. The summed E-state index contributed by atoms with van der Waals surface area (Å²) in [5, 5.41) is 12.2. The fraction of sp³-hybridized carbons (Fsp3) is 0.115. The molecule has 7 nitrogen and oxygen atoms in total. The van der Waals surface area contributed by atoms with Crippen molar-refractivity contribution >= 4 is 29.3 Å². The second-order valence-corrected chi connectivity index (χ2v) is 10.5. The van der Waals surface area contributed by atoms with E-state index in [0.717, 1.165) is 0 Å². The number of carbonyl (C=O) groups excluding carboxylic acids is 1. The number of hydrogen-bond acceptors (Lipinski definition) is 5. The van der Waals surface area contributed by atoms with Crippen LogP contribution in [0.2, 0.25) is 0 Å². The SMILES string of the molecule is CCN(C(=O)c1ccc([N+](=O)[O-])cc1)C(c1ccco1)P(=O)(c1ccccc1)c1ccccc1. The minimum absolute atomic E-state index is 0.110. The smallest absolute Gasteiger partial charge is 0.269 e. The van der Waals surface area contributed by atoms with Crippen LogP contribution in [0.25, 0.3) is 0 Å². The molecule has 0 fully saturated rings. The molecule has 8 heteroatoms. The number of nitro groups is 1. The second kappa shape index (κ2) is 9.89. The van der Waals surface area contributed by atoms with E-state index in [0.29, 0.717) is 16.4 Å². The first kappa shape index (κ1) is 23.2. The first-order valence-corrected chi connectivity index (χ1v) is 12.5. The molecular formula is C26H23N2O5P. The molecule has 1 heterocycles. The van der Waals surface area contributed by atoms with E-state index >= 15 is 4.57 Å². The summed E-state index contributed by atoms with van der Waals surface area (Å²) in [6.45, 7) is 2.05. The maximum atomic E-state index is 15.2. The first-order chi connectivity index (χ1) is 16.5. The van der Waals surface area contributed by atoms with Gasteiger partial charge in [-0.25, -0.2) is 0 Å². The molecule has 3 aromatic carbocycles. The summed E-state index contributed by atoms with van der Waals surface area (Å²) in [4.78, 5) is 25.7. The molecule has 0 spiro atoms. The van der Waals surface area contributed by atoms with Gasteiger partial charge in [-0.1, -0.05) is 60.7 Å². The van der Waals surface area contributed by atoms with Crippen molar-refractivity contribution in [2.75, 3.05) is 6.54 Å². The van der Waals surface area contributed by atoms with Crippen LogP contribution in [0.15, 0.2) is 108 Å². The Morgan fingerprint density at radius 2 is 1.47 bits per heavy atom. The number of hydrogen-bond donors (Lipinski definition) is 0. The zero-order valence-corrected chi connectivity index (χ0v) is 19.4. The second-order valence-electron chi connectivity index (χ2n) is 7.61. The van der Waals surface area contributed by atoms with Crippen molar-refractivity contribution in [1.29, 1.82) is 0 Å². The number of amides is 1. The molecule has 0 N–H and O–H groups in total. The van der Waals surface area contributed by atoms with E-state index in [-0.39, 0.29) is 17.8 Å². The van der Waals surface area contributed by atoms with Crippen LogP contribution in [0.5, 0.6) is 0 Å². The fourth-order valence-corrected chi connectivity index (χ4v) is 7.28. The molecule has 0 aliphatic carbocycles. The molecule has 4 rings (SSSR count). The molecule has 0 aliphatic rings. The number of nitro benzene ring substituents is 1. The monoisotopic (exact) mass is 474 g/mol. The predicted molar refractivity (Wildman–Crippen MR) is 131 cm³/mol. The number of benzene rings is 3. The van der Waals surface area contributed by atoms with Crippen LogP contribution in [0, 0.1) is 10.1 Å². The van der Waals surface area contributed by atoms with Crippen molar-refractivity contribution in [1.82, 2.24) is 4.90 Å². The van der Waals surface area contributed by atoms with Gasteiger partial charge in [-0.05, 0) is 31.2 Å². The van der Waals surface area contributed by atoms with Crippen LogP contribution in [0.1, 0.15) is 28.8 Å². The van der Waals surface area contributed by atoms with Gasteiger partial charge in [0.25, 0.3) is 11.6 Å². The molecular weight excluding hydrogens is 451 g/mol. The minimum atomic E-state index is -3.49. The molecule has 0 radical (unpaired) electrons. The Hall–Kier alpha value is -3.96. The van der Waals surface area contributed by atoms with Gasteiger partial charge in [0, 0.05) is 34.9 Å². The third-order valence-electron chi connectivity index (χ3n) is 5.64. The van der Waals surface area contributed by atoms with Crippen molar-refractivity contribution in [3.63, 3.8) is 0 Å². The summed E-state index contributed by atoms with van der Waals surface area (Å²) in [7, 11) is -3.49. The average molecular weight is 474 g/mol. The van der Waals surface area contributed by atoms with Crippen LogP contribution >= 0.6 is 7.14 Å². The Balaban J connectivity index is 1.90. The standard InChI is InChI=1S/C26H23N2O5P/c1-2-27(25(29)20-15-17-21(18-16-20)28(30)31)26(24-14-9-19-33-24)34(32,22-10-5-3-6-11-22)23-12-7-4-8-13-23/h3-19,26H,2H2,1H3. The summed E-state index contributed by atoms with van der Waals surface area (Å²) in [5.41, 5.74) is 0.151. The summed E-state index contributed by atoms with van der Waals surface area (Å²) in [6.07, 6.45) is 1.49. The van der Waals surface area contributed by atoms with Gasteiger partial charge in [0.1, 0.15) is 5.76 Å². The van der Waals surface area contributed by atoms with Gasteiger partial charge in [0.15, 0.2) is 12.9 Å². The van der Waals surface area contributed by atoms with E-state index in [4.69, 9.17) is 4.42 Å². The summed E-state index contributed by atoms with van der Waals surface area (Å²) >= 11 is 0. The molecule has 0 bridgehead atoms. The zero-order valence-electron chi connectivity index (χ0n) is 18.5. The van der Waals surface area contributed by atoms with E-state index in [1.165, 1.54) is 35.4 Å². The molecule has 0 saturated carbocycles. The molecule has 4 aromatic rings. The highest BCUT2D eigenvalue weighted by Crippen LogP contribution is 2.59. The summed E-state index contributed by atoms with van der Waals surface area (Å²) in [5.74, 6) is -0.918. The van der Waals surface area contributed by atoms with Crippen LogP contribution in [0.4, 0.5) is 5.69 Å². The third kappa shape index (κ3) is 4.30. The van der Waals surface area contributed by atoms with Crippen molar-refractivity contribution in [3.8, 4) is 0 Å². The molecule has 1 atom stereocenters. The molecule has 172 valence electrons. The van der Waals surface area contributed by atoms with Crippen molar-refractivity contribution in [2.24, 2.45) is 0 Å². The van der Waals surface area contributed by atoms with E-state index in [1.807, 2.05) is 36.4 Å². The van der Waals surface area contributed by atoms with Gasteiger partial charge >= 0.3 is 0 Å². The number of furan rings is 1. The minimum Gasteiger partial charge on any atom is -0.467 e. The lowest BCUT2D eigenvalue weighted by atomic mass is 10.1. The summed E-state index contributed by atoms with van der Waals surface area (Å²) < 4.78 is 20.9. The Kier molecular flexibility index (Phi) is 6.75. The lowest BCUT2D eigenvalue weighted by Gasteiger charge is -2.36. The maximum Gasteiger partial charge on any atom is 0.269 e. The van der Waals surface area contributed by atoms with Gasteiger partial charge < -0.3 is 13.9 Å². The highest BCUT2D eigenvalue weighted by Gasteiger charge is 2.44. The van der Waals surface area contributed by atoms with Crippen molar-refractivity contribution in [2.45, 2.75) is 12.7 Å². The van der Waals surface area contributed by atoms with E-state index in [2.05, 4.69) is 0 Å². The number of rotatable bonds is 8. The highest BCUT2D eigenvalue weighted by atomic mass is 31.2. The highest BCUT2D eigenvalue weighted by molar-refractivity contribution is 7.79. The van der Waals surface area contributed by atoms with E-state index < -0.39 is 23.8 Å². The molecule has 34 heavy (non-hydrogen) atoms. The van der Waals surface area contributed by atoms with Gasteiger partial charge in [-0.15, -0.1) is 0 Å². The van der Waals surface area contributed by atoms with E-state index in [1.54, 1.807) is 43.3 Å². The quantitative estimate of drug-likeness (QED) is 0.195. The van der Waals surface area contributed by atoms with Gasteiger partial charge in [-0.3, -0.25) is 14.9 Å². The first-order valence-electron chi connectivity index (χ1n) is 10.8. The Bertz CT molecular complexity index is 1260. The zero-order chi connectivity index (χ0) is 24.1. The largest absolute Gasteiger partial charge is 0.467 e. The topological polar surface area (TPSA) is 93.7 Å². The Labute approximate surface area is 197 Å². The lowest BCUT2D eigenvalue weighted by Crippen LogP contribution is -2.38. The summed E-state index contributed by atoms with van der Waals surface area (Å²) in [6, 6.07) is 27.0. The van der Waals surface area contributed by atoms with Crippen LogP contribution in [0.3, 0.4) is 0 Å². The molecule has 1 amide bonds. The third-order valence-corrected chi connectivity index (χ3v) is 9.00. The molecule has 0 aliphatic heterocycles. The maximum absolute atomic E-state index is 15.2.